The van der Waals surface area contributed by atoms with Crippen LogP contribution in [-0.4, -0.2) is 9.85 Å². The Bertz CT molecular complexity index is 898. The third-order valence-corrected chi connectivity index (χ3v) is 3.11. The molecule has 4 N–H and O–H groups in total. The summed E-state index contributed by atoms with van der Waals surface area (Å²) in [4.78, 5) is 18.6. The molecule has 152 valence electrons. The molecule has 14 heteroatoms. The molecule has 0 aromatic heterocycles. The molecule has 28 heavy (non-hydrogen) atoms. The lowest BCUT2D eigenvalue weighted by molar-refractivity contribution is -0.385. The standard InChI is InChI=1S/2C7H5F3N2O2/c8-7(9,10)5-3-4(12(13)14)1-2-6(5)11;8-7(9,10)4-1-2-5(11)6(3-4)12(13)14/h2*1-3H,11H2. The Kier molecular flexibility index (Phi) is 6.40. The highest BCUT2D eigenvalue weighted by atomic mass is 19.4. The van der Waals surface area contributed by atoms with E-state index < -0.39 is 50.4 Å². The first-order chi connectivity index (χ1) is 12.6. The van der Waals surface area contributed by atoms with Crippen molar-refractivity contribution in [2.24, 2.45) is 0 Å². The number of alkyl halides is 6. The van der Waals surface area contributed by atoms with Crippen LogP contribution in [0.2, 0.25) is 0 Å². The second-order valence-electron chi connectivity index (χ2n) is 5.05. The summed E-state index contributed by atoms with van der Waals surface area (Å²) in [6.07, 6.45) is -9.27. The van der Waals surface area contributed by atoms with Gasteiger partial charge in [0.1, 0.15) is 5.69 Å². The molecular weight excluding hydrogens is 402 g/mol. The second kappa shape index (κ2) is 7.98. The Balaban J connectivity index is 0.000000280. The molecule has 0 atom stereocenters. The predicted octanol–water partition coefficient (Wildman–Crippen LogP) is 4.39. The van der Waals surface area contributed by atoms with E-state index in [1.807, 2.05) is 0 Å². The third kappa shape index (κ3) is 5.72. The quantitative estimate of drug-likeness (QED) is 0.325. The molecule has 0 fully saturated rings. The Hall–Kier alpha value is -3.58. The summed E-state index contributed by atoms with van der Waals surface area (Å²) in [5.74, 6) is 0. The maximum Gasteiger partial charge on any atom is 0.418 e. The minimum Gasteiger partial charge on any atom is -0.398 e. The highest BCUT2D eigenvalue weighted by Gasteiger charge is 2.34. The zero-order valence-corrected chi connectivity index (χ0v) is 13.4. The molecule has 0 aliphatic carbocycles. The van der Waals surface area contributed by atoms with Crippen molar-refractivity contribution in [3.05, 3.63) is 67.8 Å². The van der Waals surface area contributed by atoms with E-state index in [9.17, 15) is 46.6 Å². The van der Waals surface area contributed by atoms with Gasteiger partial charge in [-0.15, -0.1) is 0 Å². The van der Waals surface area contributed by atoms with Crippen LogP contribution in [0.15, 0.2) is 36.4 Å². The summed E-state index contributed by atoms with van der Waals surface area (Å²) in [7, 11) is 0. The average Bonchev–Trinajstić information content (AvgIpc) is 2.53. The fourth-order valence-corrected chi connectivity index (χ4v) is 1.78. The summed E-state index contributed by atoms with van der Waals surface area (Å²) in [5, 5.41) is 20.4. The normalized spacial score (nSPS) is 11.4. The molecule has 0 amide bonds. The number of nitrogens with two attached hydrogens (primary N) is 2. The summed E-state index contributed by atoms with van der Waals surface area (Å²) >= 11 is 0. The van der Waals surface area contributed by atoms with E-state index in [2.05, 4.69) is 0 Å². The first kappa shape index (κ1) is 22.5. The number of halogens is 6. The lowest BCUT2D eigenvalue weighted by atomic mass is 10.1. The van der Waals surface area contributed by atoms with Crippen molar-refractivity contribution < 1.29 is 36.2 Å². The second-order valence-corrected chi connectivity index (χ2v) is 5.05. The molecule has 0 heterocycles. The Morgan fingerprint density at radius 2 is 1.29 bits per heavy atom. The molecule has 0 aliphatic heterocycles. The van der Waals surface area contributed by atoms with Crippen molar-refractivity contribution in [3.8, 4) is 0 Å². The van der Waals surface area contributed by atoms with Gasteiger partial charge in [0.05, 0.1) is 21.0 Å². The number of rotatable bonds is 2. The maximum absolute atomic E-state index is 12.2. The zero-order chi connectivity index (χ0) is 21.9. The van der Waals surface area contributed by atoms with Gasteiger partial charge in [-0.2, -0.15) is 26.3 Å². The number of nitro groups is 2. The smallest absolute Gasteiger partial charge is 0.398 e. The third-order valence-electron chi connectivity index (χ3n) is 3.11. The van der Waals surface area contributed by atoms with Gasteiger partial charge in [-0.3, -0.25) is 20.2 Å². The van der Waals surface area contributed by atoms with Crippen molar-refractivity contribution >= 4 is 22.7 Å². The number of hydrogen-bond donors (Lipinski definition) is 2. The molecule has 0 spiro atoms. The first-order valence-corrected chi connectivity index (χ1v) is 6.86. The topological polar surface area (TPSA) is 138 Å². The van der Waals surface area contributed by atoms with Crippen LogP contribution in [0.5, 0.6) is 0 Å². The van der Waals surface area contributed by atoms with Crippen LogP contribution in [0, 0.1) is 20.2 Å². The first-order valence-electron chi connectivity index (χ1n) is 6.86. The molecule has 0 unspecified atom stereocenters. The Morgan fingerprint density at radius 3 is 1.71 bits per heavy atom. The Morgan fingerprint density at radius 1 is 0.750 bits per heavy atom. The number of nitrogen functional groups attached to an aromatic ring is 2. The number of non-ortho nitro benzene ring substituents is 1. The van der Waals surface area contributed by atoms with Gasteiger partial charge in [-0.1, -0.05) is 0 Å². The number of benzene rings is 2. The highest BCUT2D eigenvalue weighted by molar-refractivity contribution is 5.59. The molecule has 8 nitrogen and oxygen atoms in total. The van der Waals surface area contributed by atoms with Crippen LogP contribution in [0.3, 0.4) is 0 Å². The fraction of sp³-hybridized carbons (Fsp3) is 0.143. The molecular formula is C14H10F6N4O4. The van der Waals surface area contributed by atoms with E-state index in [0.717, 1.165) is 18.2 Å². The molecule has 0 saturated heterocycles. The van der Waals surface area contributed by atoms with Gasteiger partial charge >= 0.3 is 12.4 Å². The minimum atomic E-state index is -4.67. The van der Waals surface area contributed by atoms with Crippen LogP contribution in [0.1, 0.15) is 11.1 Å². The van der Waals surface area contributed by atoms with Crippen molar-refractivity contribution in [3.63, 3.8) is 0 Å². The molecule has 2 aromatic carbocycles. The van der Waals surface area contributed by atoms with E-state index in [1.165, 1.54) is 0 Å². The van der Waals surface area contributed by atoms with E-state index in [-0.39, 0.29) is 5.69 Å². The van der Waals surface area contributed by atoms with Crippen LogP contribution < -0.4 is 11.5 Å². The number of nitro benzene ring substituents is 2. The number of nitrogens with zero attached hydrogens (tertiary/aromatic N) is 2. The lowest BCUT2D eigenvalue weighted by Crippen LogP contribution is -2.09. The molecule has 0 radical (unpaired) electrons. The van der Waals surface area contributed by atoms with Gasteiger partial charge in [-0.25, -0.2) is 0 Å². The molecule has 2 aromatic rings. The molecule has 0 saturated carbocycles. The van der Waals surface area contributed by atoms with Gasteiger partial charge in [0.25, 0.3) is 11.4 Å². The van der Waals surface area contributed by atoms with Crippen molar-refractivity contribution in [2.75, 3.05) is 11.5 Å². The lowest BCUT2D eigenvalue weighted by Gasteiger charge is -2.08. The molecule has 2 rings (SSSR count). The summed E-state index contributed by atoms with van der Waals surface area (Å²) in [6.45, 7) is 0. The highest BCUT2D eigenvalue weighted by Crippen LogP contribution is 2.35. The Labute approximate surface area is 151 Å². The zero-order valence-electron chi connectivity index (χ0n) is 13.4. The predicted molar refractivity (Wildman–Crippen MR) is 85.0 cm³/mol. The van der Waals surface area contributed by atoms with Crippen LogP contribution >= 0.6 is 0 Å². The van der Waals surface area contributed by atoms with Gasteiger partial charge in [0, 0.05) is 23.9 Å². The van der Waals surface area contributed by atoms with Crippen molar-refractivity contribution in [1.29, 1.82) is 0 Å². The average molecular weight is 412 g/mol. The maximum atomic E-state index is 12.2. The monoisotopic (exact) mass is 412 g/mol. The van der Waals surface area contributed by atoms with E-state index in [1.54, 1.807) is 0 Å². The van der Waals surface area contributed by atoms with Gasteiger partial charge in [0.2, 0.25) is 0 Å². The fourth-order valence-electron chi connectivity index (χ4n) is 1.78. The molecule has 0 bridgehead atoms. The SMILES string of the molecule is Nc1ccc(C(F)(F)F)cc1[N+](=O)[O-].Nc1ccc([N+](=O)[O-])cc1C(F)(F)F. The minimum absolute atomic E-state index is 0.289. The van der Waals surface area contributed by atoms with E-state index in [0.29, 0.717) is 18.2 Å². The van der Waals surface area contributed by atoms with E-state index in [4.69, 9.17) is 11.5 Å². The van der Waals surface area contributed by atoms with Crippen molar-refractivity contribution in [2.45, 2.75) is 12.4 Å². The van der Waals surface area contributed by atoms with Crippen LogP contribution in [0.4, 0.5) is 49.1 Å². The van der Waals surface area contributed by atoms with Gasteiger partial charge in [-0.05, 0) is 18.2 Å². The van der Waals surface area contributed by atoms with Gasteiger partial charge in [0.15, 0.2) is 0 Å². The van der Waals surface area contributed by atoms with Crippen LogP contribution in [0.25, 0.3) is 0 Å². The largest absolute Gasteiger partial charge is 0.418 e. The summed E-state index contributed by atoms with van der Waals surface area (Å²) in [5.41, 5.74) is 5.70. The van der Waals surface area contributed by atoms with E-state index >= 15 is 0 Å². The van der Waals surface area contributed by atoms with Crippen molar-refractivity contribution in [1.82, 2.24) is 0 Å². The number of hydrogen-bond acceptors (Lipinski definition) is 6. The molecule has 0 aliphatic rings. The summed E-state index contributed by atoms with van der Waals surface area (Å²) in [6, 6.07) is 4.17. The summed E-state index contributed by atoms with van der Waals surface area (Å²) < 4.78 is 72.9. The van der Waals surface area contributed by atoms with Gasteiger partial charge < -0.3 is 11.5 Å². The number of anilines is 2. The van der Waals surface area contributed by atoms with Crippen LogP contribution in [-0.2, 0) is 12.4 Å².